The van der Waals surface area contributed by atoms with Crippen LogP contribution in [0.15, 0.2) is 22.7 Å². The molecule has 0 aliphatic heterocycles. The SMILES string of the molecule is O=C(O)c1nc2cccc(Br)c2s1. The molecule has 0 amide bonds. The number of carboxylic acid groups (broad SMARTS) is 1. The number of aromatic carboxylic acids is 1. The zero-order chi connectivity index (χ0) is 9.42. The van der Waals surface area contributed by atoms with Gasteiger partial charge in [-0.2, -0.15) is 0 Å². The van der Waals surface area contributed by atoms with Gasteiger partial charge in [0.05, 0.1) is 10.2 Å². The van der Waals surface area contributed by atoms with Crippen LogP contribution in [0, 0.1) is 0 Å². The molecule has 1 aromatic heterocycles. The van der Waals surface area contributed by atoms with Crippen molar-refractivity contribution in [1.82, 2.24) is 4.98 Å². The molecular weight excluding hydrogens is 254 g/mol. The number of thiazole rings is 1. The summed E-state index contributed by atoms with van der Waals surface area (Å²) in [5.41, 5.74) is 0.719. The van der Waals surface area contributed by atoms with Crippen molar-refractivity contribution in [3.8, 4) is 0 Å². The van der Waals surface area contributed by atoms with Crippen molar-refractivity contribution in [2.24, 2.45) is 0 Å². The molecule has 0 fully saturated rings. The molecule has 0 bridgehead atoms. The first kappa shape index (κ1) is 8.65. The predicted molar refractivity (Wildman–Crippen MR) is 54.3 cm³/mol. The summed E-state index contributed by atoms with van der Waals surface area (Å²) in [6.45, 7) is 0. The van der Waals surface area contributed by atoms with Gasteiger partial charge in [-0.15, -0.1) is 11.3 Å². The Hall–Kier alpha value is -0.940. The van der Waals surface area contributed by atoms with Crippen LogP contribution in [-0.2, 0) is 0 Å². The molecular formula is C8H4BrNO2S. The summed E-state index contributed by atoms with van der Waals surface area (Å²) in [5, 5.41) is 8.84. The van der Waals surface area contributed by atoms with Crippen LogP contribution in [0.3, 0.4) is 0 Å². The maximum Gasteiger partial charge on any atom is 0.365 e. The van der Waals surface area contributed by atoms with E-state index in [1.54, 1.807) is 6.07 Å². The molecule has 66 valence electrons. The molecule has 2 rings (SSSR count). The van der Waals surface area contributed by atoms with E-state index in [1.807, 2.05) is 12.1 Å². The molecule has 3 nitrogen and oxygen atoms in total. The molecule has 0 spiro atoms. The summed E-state index contributed by atoms with van der Waals surface area (Å²) < 4.78 is 1.76. The van der Waals surface area contributed by atoms with E-state index in [0.29, 0.717) is 0 Å². The van der Waals surface area contributed by atoms with Gasteiger partial charge < -0.3 is 5.11 Å². The van der Waals surface area contributed by atoms with Crippen molar-refractivity contribution < 1.29 is 9.90 Å². The van der Waals surface area contributed by atoms with Crippen LogP contribution < -0.4 is 0 Å². The van der Waals surface area contributed by atoms with E-state index in [0.717, 1.165) is 14.7 Å². The monoisotopic (exact) mass is 257 g/mol. The topological polar surface area (TPSA) is 50.2 Å². The van der Waals surface area contributed by atoms with Gasteiger partial charge >= 0.3 is 5.97 Å². The minimum atomic E-state index is -0.979. The Balaban J connectivity index is 2.75. The Kier molecular flexibility index (Phi) is 2.05. The van der Waals surface area contributed by atoms with E-state index in [4.69, 9.17) is 5.11 Å². The minimum absolute atomic E-state index is 0.127. The average Bonchev–Trinajstić information content (AvgIpc) is 2.49. The average molecular weight is 258 g/mol. The summed E-state index contributed by atoms with van der Waals surface area (Å²) in [5.74, 6) is -0.979. The Labute approximate surface area is 86.2 Å². The predicted octanol–water partition coefficient (Wildman–Crippen LogP) is 2.76. The fraction of sp³-hybridized carbons (Fsp3) is 0. The fourth-order valence-corrected chi connectivity index (χ4v) is 2.41. The Bertz CT molecular complexity index is 480. The van der Waals surface area contributed by atoms with Gasteiger partial charge in [0, 0.05) is 4.47 Å². The first-order chi connectivity index (χ1) is 6.18. The third-order valence-corrected chi connectivity index (χ3v) is 3.57. The molecule has 0 aliphatic carbocycles. The van der Waals surface area contributed by atoms with Gasteiger partial charge in [0.25, 0.3) is 0 Å². The van der Waals surface area contributed by atoms with E-state index >= 15 is 0 Å². The van der Waals surface area contributed by atoms with Gasteiger partial charge in [0.1, 0.15) is 0 Å². The number of halogens is 1. The van der Waals surface area contributed by atoms with E-state index < -0.39 is 5.97 Å². The number of rotatable bonds is 1. The number of hydrogen-bond acceptors (Lipinski definition) is 3. The van der Waals surface area contributed by atoms with E-state index in [-0.39, 0.29) is 5.01 Å². The third kappa shape index (κ3) is 1.45. The lowest BCUT2D eigenvalue weighted by molar-refractivity contribution is 0.0696. The molecule has 13 heavy (non-hydrogen) atoms. The molecule has 1 N–H and O–H groups in total. The van der Waals surface area contributed by atoms with Crippen molar-refractivity contribution in [2.45, 2.75) is 0 Å². The quantitative estimate of drug-likeness (QED) is 0.855. The minimum Gasteiger partial charge on any atom is -0.476 e. The van der Waals surface area contributed by atoms with Crippen molar-refractivity contribution >= 4 is 43.5 Å². The molecule has 0 aliphatic rings. The molecule has 0 saturated heterocycles. The van der Waals surface area contributed by atoms with Gasteiger partial charge in [0.2, 0.25) is 5.01 Å². The molecule has 2 aromatic rings. The fourth-order valence-electron chi connectivity index (χ4n) is 1.01. The maximum absolute atomic E-state index is 10.6. The lowest BCUT2D eigenvalue weighted by Gasteiger charge is -1.88. The number of nitrogens with zero attached hydrogens (tertiary/aromatic N) is 1. The number of fused-ring (bicyclic) bond motifs is 1. The van der Waals surface area contributed by atoms with E-state index in [2.05, 4.69) is 20.9 Å². The number of carboxylic acids is 1. The van der Waals surface area contributed by atoms with Crippen LogP contribution in [0.2, 0.25) is 0 Å². The zero-order valence-corrected chi connectivity index (χ0v) is 8.72. The highest BCUT2D eigenvalue weighted by atomic mass is 79.9. The molecule has 0 radical (unpaired) electrons. The summed E-state index contributed by atoms with van der Waals surface area (Å²) in [7, 11) is 0. The van der Waals surface area contributed by atoms with Gasteiger partial charge in [-0.1, -0.05) is 6.07 Å². The van der Waals surface area contributed by atoms with E-state index in [1.165, 1.54) is 11.3 Å². The van der Waals surface area contributed by atoms with Crippen LogP contribution in [-0.4, -0.2) is 16.1 Å². The van der Waals surface area contributed by atoms with Crippen LogP contribution in [0.4, 0.5) is 0 Å². The normalized spacial score (nSPS) is 10.5. The Morgan fingerprint density at radius 2 is 2.31 bits per heavy atom. The summed E-state index contributed by atoms with van der Waals surface area (Å²) in [4.78, 5) is 14.6. The number of hydrogen-bond donors (Lipinski definition) is 1. The number of aromatic nitrogens is 1. The van der Waals surface area contributed by atoms with Crippen LogP contribution >= 0.6 is 27.3 Å². The summed E-state index contributed by atoms with van der Waals surface area (Å²) in [6, 6.07) is 5.49. The van der Waals surface area contributed by atoms with E-state index in [9.17, 15) is 4.79 Å². The maximum atomic E-state index is 10.6. The summed E-state index contributed by atoms with van der Waals surface area (Å²) >= 11 is 4.51. The van der Waals surface area contributed by atoms with Gasteiger partial charge in [-0.25, -0.2) is 9.78 Å². The van der Waals surface area contributed by atoms with Crippen molar-refractivity contribution in [1.29, 1.82) is 0 Å². The molecule has 5 heteroatoms. The second-order valence-electron chi connectivity index (χ2n) is 2.41. The summed E-state index contributed by atoms with van der Waals surface area (Å²) in [6.07, 6.45) is 0. The second-order valence-corrected chi connectivity index (χ2v) is 4.27. The van der Waals surface area contributed by atoms with Crippen molar-refractivity contribution in [3.05, 3.63) is 27.7 Å². The van der Waals surface area contributed by atoms with Crippen LogP contribution in [0.25, 0.3) is 10.2 Å². The lowest BCUT2D eigenvalue weighted by atomic mass is 10.3. The Morgan fingerprint density at radius 1 is 1.54 bits per heavy atom. The second kappa shape index (κ2) is 3.08. The van der Waals surface area contributed by atoms with Crippen LogP contribution in [0.1, 0.15) is 9.80 Å². The Morgan fingerprint density at radius 3 is 2.92 bits per heavy atom. The highest BCUT2D eigenvalue weighted by Gasteiger charge is 2.11. The smallest absolute Gasteiger partial charge is 0.365 e. The standard InChI is InChI=1S/C8H4BrNO2S/c9-4-2-1-3-5-6(4)13-7(10-5)8(11)12/h1-3H,(H,11,12). The molecule has 1 heterocycles. The molecule has 0 atom stereocenters. The highest BCUT2D eigenvalue weighted by Crippen LogP contribution is 2.29. The first-order valence-corrected chi connectivity index (χ1v) is 5.08. The highest BCUT2D eigenvalue weighted by molar-refractivity contribution is 9.10. The largest absolute Gasteiger partial charge is 0.476 e. The van der Waals surface area contributed by atoms with Crippen molar-refractivity contribution in [3.63, 3.8) is 0 Å². The zero-order valence-electron chi connectivity index (χ0n) is 6.32. The van der Waals surface area contributed by atoms with Crippen molar-refractivity contribution in [2.75, 3.05) is 0 Å². The molecule has 0 saturated carbocycles. The van der Waals surface area contributed by atoms with Gasteiger partial charge in [-0.3, -0.25) is 0 Å². The number of benzene rings is 1. The first-order valence-electron chi connectivity index (χ1n) is 3.47. The molecule has 1 aromatic carbocycles. The third-order valence-electron chi connectivity index (χ3n) is 1.55. The number of carbonyl (C=O) groups is 1. The van der Waals surface area contributed by atoms with Gasteiger partial charge in [0.15, 0.2) is 0 Å². The van der Waals surface area contributed by atoms with Crippen LogP contribution in [0.5, 0.6) is 0 Å². The molecule has 0 unspecified atom stereocenters. The van der Waals surface area contributed by atoms with Gasteiger partial charge in [-0.05, 0) is 28.1 Å². The lowest BCUT2D eigenvalue weighted by Crippen LogP contribution is -1.93.